The summed E-state index contributed by atoms with van der Waals surface area (Å²) in [5, 5.41) is 0. The standard InChI is InChI=1S/C31H54O4/c1-4-6-8-10-12-13-14-15-16-17-18-20-22-24-35-30-26-28(31(32)33-3)25-29(27-30)34-23-21-19-11-9-7-5-2/h25-27H,4-24H2,1-3H3. The van der Waals surface area contributed by atoms with Crippen molar-refractivity contribution in [1.29, 1.82) is 0 Å². The molecule has 0 saturated carbocycles. The number of unbranched alkanes of at least 4 members (excludes halogenated alkanes) is 17. The van der Waals surface area contributed by atoms with E-state index in [1.54, 1.807) is 12.1 Å². The molecule has 0 radical (unpaired) electrons. The molecule has 0 amide bonds. The lowest BCUT2D eigenvalue weighted by Crippen LogP contribution is -2.05. The Hall–Kier alpha value is -1.71. The first-order chi connectivity index (χ1) is 17.2. The van der Waals surface area contributed by atoms with E-state index >= 15 is 0 Å². The van der Waals surface area contributed by atoms with Gasteiger partial charge in [0, 0.05) is 6.07 Å². The van der Waals surface area contributed by atoms with Crippen LogP contribution in [-0.4, -0.2) is 26.3 Å². The van der Waals surface area contributed by atoms with E-state index in [1.165, 1.54) is 116 Å². The second-order valence-corrected chi connectivity index (χ2v) is 9.89. The van der Waals surface area contributed by atoms with E-state index in [2.05, 4.69) is 13.8 Å². The van der Waals surface area contributed by atoms with Crippen LogP contribution in [0.15, 0.2) is 18.2 Å². The number of rotatable bonds is 24. The Bertz CT molecular complexity index is 628. The van der Waals surface area contributed by atoms with Gasteiger partial charge in [0.05, 0.1) is 25.9 Å². The van der Waals surface area contributed by atoms with E-state index in [0.29, 0.717) is 30.3 Å². The van der Waals surface area contributed by atoms with Gasteiger partial charge < -0.3 is 14.2 Å². The molecule has 202 valence electrons. The maximum atomic E-state index is 12.1. The number of methoxy groups -OCH3 is 1. The van der Waals surface area contributed by atoms with Gasteiger partial charge in [0.25, 0.3) is 0 Å². The van der Waals surface area contributed by atoms with Crippen LogP contribution in [0.2, 0.25) is 0 Å². The molecular weight excluding hydrogens is 436 g/mol. The van der Waals surface area contributed by atoms with Crippen LogP contribution in [-0.2, 0) is 4.74 Å². The molecule has 0 aliphatic heterocycles. The summed E-state index contributed by atoms with van der Waals surface area (Å²) in [6, 6.07) is 5.40. The first-order valence-electron chi connectivity index (χ1n) is 14.7. The molecule has 4 nitrogen and oxygen atoms in total. The number of benzene rings is 1. The Labute approximate surface area is 216 Å². The zero-order valence-corrected chi connectivity index (χ0v) is 23.2. The monoisotopic (exact) mass is 490 g/mol. The van der Waals surface area contributed by atoms with Crippen LogP contribution in [0.25, 0.3) is 0 Å². The van der Waals surface area contributed by atoms with E-state index in [9.17, 15) is 4.79 Å². The van der Waals surface area contributed by atoms with Crippen LogP contribution in [0, 0.1) is 0 Å². The summed E-state index contributed by atoms with van der Waals surface area (Å²) in [7, 11) is 1.40. The molecule has 4 heteroatoms. The Kier molecular flexibility index (Phi) is 20.3. The third-order valence-corrected chi connectivity index (χ3v) is 6.58. The SMILES string of the molecule is CCCCCCCCCCCCCCCOc1cc(OCCCCCCCC)cc(C(=O)OC)c1. The molecule has 0 bridgehead atoms. The van der Waals surface area contributed by atoms with Gasteiger partial charge in [-0.2, -0.15) is 0 Å². The topological polar surface area (TPSA) is 44.8 Å². The lowest BCUT2D eigenvalue weighted by atomic mass is 10.0. The number of carbonyl (C=O) groups is 1. The highest BCUT2D eigenvalue weighted by atomic mass is 16.5. The first-order valence-corrected chi connectivity index (χ1v) is 14.7. The fraction of sp³-hybridized carbons (Fsp3) is 0.774. The van der Waals surface area contributed by atoms with Gasteiger partial charge >= 0.3 is 5.97 Å². The van der Waals surface area contributed by atoms with E-state index in [-0.39, 0.29) is 5.97 Å². The molecule has 35 heavy (non-hydrogen) atoms. The lowest BCUT2D eigenvalue weighted by Gasteiger charge is -2.12. The van der Waals surface area contributed by atoms with Crippen molar-refractivity contribution >= 4 is 5.97 Å². The summed E-state index contributed by atoms with van der Waals surface area (Å²) < 4.78 is 16.8. The molecule has 0 aliphatic rings. The number of hydrogen-bond donors (Lipinski definition) is 0. The minimum Gasteiger partial charge on any atom is -0.493 e. The largest absolute Gasteiger partial charge is 0.493 e. The minimum atomic E-state index is -0.360. The summed E-state index contributed by atoms with van der Waals surface area (Å²) in [5.74, 6) is 1.01. The molecule has 0 aromatic heterocycles. The fourth-order valence-corrected chi connectivity index (χ4v) is 4.36. The maximum absolute atomic E-state index is 12.1. The van der Waals surface area contributed by atoms with Gasteiger partial charge in [-0.3, -0.25) is 0 Å². The van der Waals surface area contributed by atoms with Crippen molar-refractivity contribution in [2.45, 2.75) is 136 Å². The normalized spacial score (nSPS) is 10.9. The number of esters is 1. The van der Waals surface area contributed by atoms with Crippen LogP contribution in [0.3, 0.4) is 0 Å². The van der Waals surface area contributed by atoms with Crippen LogP contribution < -0.4 is 9.47 Å². The molecule has 0 N–H and O–H groups in total. The molecule has 0 spiro atoms. The van der Waals surface area contributed by atoms with Gasteiger partial charge in [-0.1, -0.05) is 123 Å². The maximum Gasteiger partial charge on any atom is 0.338 e. The smallest absolute Gasteiger partial charge is 0.338 e. The molecule has 0 saturated heterocycles. The molecule has 1 aromatic rings. The molecule has 0 atom stereocenters. The van der Waals surface area contributed by atoms with Crippen molar-refractivity contribution in [1.82, 2.24) is 0 Å². The van der Waals surface area contributed by atoms with Gasteiger partial charge in [-0.05, 0) is 25.0 Å². The number of hydrogen-bond acceptors (Lipinski definition) is 4. The van der Waals surface area contributed by atoms with Gasteiger partial charge in [0.1, 0.15) is 11.5 Å². The highest BCUT2D eigenvalue weighted by Crippen LogP contribution is 2.24. The second-order valence-electron chi connectivity index (χ2n) is 9.89. The molecular formula is C31H54O4. The molecule has 0 heterocycles. The number of ether oxygens (including phenoxy) is 3. The summed E-state index contributed by atoms with van der Waals surface area (Å²) in [4.78, 5) is 12.1. The van der Waals surface area contributed by atoms with Gasteiger partial charge in [-0.15, -0.1) is 0 Å². The summed E-state index contributed by atoms with van der Waals surface area (Å²) in [5.41, 5.74) is 0.480. The van der Waals surface area contributed by atoms with Crippen molar-refractivity contribution in [3.05, 3.63) is 23.8 Å². The Balaban J connectivity index is 2.20. The van der Waals surface area contributed by atoms with E-state index < -0.39 is 0 Å². The summed E-state index contributed by atoms with van der Waals surface area (Å²) >= 11 is 0. The molecule has 1 aromatic carbocycles. The zero-order chi connectivity index (χ0) is 25.4. The average Bonchev–Trinajstić information content (AvgIpc) is 2.87. The zero-order valence-electron chi connectivity index (χ0n) is 23.2. The van der Waals surface area contributed by atoms with Gasteiger partial charge in [0.2, 0.25) is 0 Å². The predicted molar refractivity (Wildman–Crippen MR) is 148 cm³/mol. The summed E-state index contributed by atoms with van der Waals surface area (Å²) in [6.45, 7) is 5.84. The van der Waals surface area contributed by atoms with E-state index in [0.717, 1.165) is 12.8 Å². The van der Waals surface area contributed by atoms with Crippen LogP contribution >= 0.6 is 0 Å². The summed E-state index contributed by atoms with van der Waals surface area (Å²) in [6.07, 6.45) is 24.7. The van der Waals surface area contributed by atoms with Crippen molar-refractivity contribution in [3.63, 3.8) is 0 Å². The highest BCUT2D eigenvalue weighted by molar-refractivity contribution is 5.90. The van der Waals surface area contributed by atoms with Gasteiger partial charge in [-0.25, -0.2) is 4.79 Å². The minimum absolute atomic E-state index is 0.360. The second kappa shape index (κ2) is 22.7. The van der Waals surface area contributed by atoms with Crippen molar-refractivity contribution in [2.24, 2.45) is 0 Å². The van der Waals surface area contributed by atoms with Gasteiger partial charge in [0.15, 0.2) is 0 Å². The van der Waals surface area contributed by atoms with Crippen LogP contribution in [0.5, 0.6) is 11.5 Å². The van der Waals surface area contributed by atoms with Crippen LogP contribution in [0.4, 0.5) is 0 Å². The average molecular weight is 491 g/mol. The third kappa shape index (κ3) is 17.4. The van der Waals surface area contributed by atoms with Crippen molar-refractivity contribution in [2.75, 3.05) is 20.3 Å². The number of carbonyl (C=O) groups excluding carboxylic acids is 1. The third-order valence-electron chi connectivity index (χ3n) is 6.58. The van der Waals surface area contributed by atoms with Crippen molar-refractivity contribution < 1.29 is 19.0 Å². The Morgan fingerprint density at radius 3 is 1.23 bits per heavy atom. The first kappa shape index (κ1) is 31.3. The Morgan fingerprint density at radius 2 is 0.886 bits per heavy atom. The van der Waals surface area contributed by atoms with Crippen LogP contribution in [0.1, 0.15) is 146 Å². The van der Waals surface area contributed by atoms with Crippen molar-refractivity contribution in [3.8, 4) is 11.5 Å². The molecule has 0 aliphatic carbocycles. The quantitative estimate of drug-likeness (QED) is 0.107. The molecule has 0 fully saturated rings. The van der Waals surface area contributed by atoms with E-state index in [1.807, 2.05) is 6.07 Å². The fourth-order valence-electron chi connectivity index (χ4n) is 4.36. The Morgan fingerprint density at radius 1 is 0.543 bits per heavy atom. The lowest BCUT2D eigenvalue weighted by molar-refractivity contribution is 0.0599. The molecule has 1 rings (SSSR count). The van der Waals surface area contributed by atoms with E-state index in [4.69, 9.17) is 14.2 Å². The predicted octanol–water partition coefficient (Wildman–Crippen LogP) is 9.68. The highest BCUT2D eigenvalue weighted by Gasteiger charge is 2.11. The molecule has 0 unspecified atom stereocenters.